The maximum Gasteiger partial charge on any atom is 0.0205 e. The molecule has 2 aromatic carbocycles. The summed E-state index contributed by atoms with van der Waals surface area (Å²) in [6.07, 6.45) is 6.82. The molecule has 122 valence electrons. The highest BCUT2D eigenvalue weighted by molar-refractivity contribution is 7.99. The van der Waals surface area contributed by atoms with Gasteiger partial charge in [0.1, 0.15) is 0 Å². The molecule has 2 saturated heterocycles. The number of nitrogens with zero attached hydrogens (tertiary/aromatic N) is 1. The first-order chi connectivity index (χ1) is 11.9. The first-order valence-corrected chi connectivity index (χ1v) is 10.0. The highest BCUT2D eigenvalue weighted by atomic mass is 32.2. The summed E-state index contributed by atoms with van der Waals surface area (Å²) in [6.45, 7) is 2.47. The van der Waals surface area contributed by atoms with Crippen molar-refractivity contribution >= 4 is 17.3 Å². The Hall–Kier alpha value is -1.51. The van der Waals surface area contributed by atoms with E-state index >= 15 is 0 Å². The number of piperidine rings is 2. The highest BCUT2D eigenvalue weighted by Gasteiger charge is 2.30. The van der Waals surface area contributed by atoms with Crippen molar-refractivity contribution in [3.63, 3.8) is 0 Å². The Kier molecular flexibility index (Phi) is 3.76. The maximum atomic E-state index is 2.75. The first kappa shape index (κ1) is 14.8. The molecule has 2 aromatic rings. The second kappa shape index (κ2) is 6.09. The molecule has 1 nitrogen and oxygen atoms in total. The van der Waals surface area contributed by atoms with Crippen molar-refractivity contribution < 1.29 is 0 Å². The van der Waals surface area contributed by atoms with E-state index in [2.05, 4.69) is 53.4 Å². The smallest absolute Gasteiger partial charge is 0.0205 e. The van der Waals surface area contributed by atoms with E-state index in [9.17, 15) is 0 Å². The summed E-state index contributed by atoms with van der Waals surface area (Å²) in [5, 5.41) is 0. The topological polar surface area (TPSA) is 3.24 Å². The summed E-state index contributed by atoms with van der Waals surface area (Å²) in [5.41, 5.74) is 6.09. The van der Waals surface area contributed by atoms with Crippen LogP contribution >= 0.6 is 11.8 Å². The lowest BCUT2D eigenvalue weighted by Gasteiger charge is -2.41. The minimum atomic E-state index is 0.839. The standard InChI is InChI=1S/C22H23NS/c1-3-10-20-18(8-1)22(19-9-2-4-11-21(19)24-20)16-12-13-17-7-5-6-14-23(17)15-16/h1-4,8-11,17H,5-7,12-15H2. The van der Waals surface area contributed by atoms with Crippen molar-refractivity contribution in [3.8, 4) is 0 Å². The van der Waals surface area contributed by atoms with Gasteiger partial charge in [-0.1, -0.05) is 54.6 Å². The summed E-state index contributed by atoms with van der Waals surface area (Å²) >= 11 is 1.93. The van der Waals surface area contributed by atoms with Crippen LogP contribution in [0.4, 0.5) is 0 Å². The van der Waals surface area contributed by atoms with Gasteiger partial charge in [-0.2, -0.15) is 0 Å². The number of rotatable bonds is 0. The fourth-order valence-corrected chi connectivity index (χ4v) is 5.72. The molecule has 24 heavy (non-hydrogen) atoms. The number of hydrogen-bond acceptors (Lipinski definition) is 2. The second-order valence-corrected chi connectivity index (χ2v) is 8.32. The molecule has 0 saturated carbocycles. The Balaban J connectivity index is 1.64. The zero-order chi connectivity index (χ0) is 15.9. The van der Waals surface area contributed by atoms with Crippen LogP contribution in [0.15, 0.2) is 63.9 Å². The number of hydrogen-bond donors (Lipinski definition) is 0. The molecule has 3 heterocycles. The van der Waals surface area contributed by atoms with Gasteiger partial charge in [0, 0.05) is 22.4 Å². The predicted molar refractivity (Wildman–Crippen MR) is 101 cm³/mol. The normalized spacial score (nSPS) is 23.4. The monoisotopic (exact) mass is 333 g/mol. The molecule has 0 spiro atoms. The molecule has 1 atom stereocenters. The fourth-order valence-electron chi connectivity index (χ4n) is 4.63. The Labute approximate surface area is 148 Å². The van der Waals surface area contributed by atoms with Gasteiger partial charge >= 0.3 is 0 Å². The molecule has 5 rings (SSSR count). The first-order valence-electron chi connectivity index (χ1n) is 9.23. The van der Waals surface area contributed by atoms with Crippen LogP contribution in [-0.4, -0.2) is 24.0 Å². The number of fused-ring (bicyclic) bond motifs is 3. The van der Waals surface area contributed by atoms with Gasteiger partial charge in [-0.15, -0.1) is 0 Å². The fraction of sp³-hybridized carbons (Fsp3) is 0.364. The molecule has 0 amide bonds. The molecular weight excluding hydrogens is 310 g/mol. The average molecular weight is 334 g/mol. The third kappa shape index (κ3) is 2.44. The molecular formula is C22H23NS. The van der Waals surface area contributed by atoms with Gasteiger partial charge in [-0.25, -0.2) is 0 Å². The Morgan fingerprint density at radius 2 is 1.54 bits per heavy atom. The Bertz CT molecular complexity index is 760. The van der Waals surface area contributed by atoms with Crippen LogP contribution in [0.3, 0.4) is 0 Å². The molecule has 0 radical (unpaired) electrons. The Morgan fingerprint density at radius 1 is 0.833 bits per heavy atom. The third-order valence-corrected chi connectivity index (χ3v) is 6.96. The summed E-state index contributed by atoms with van der Waals surface area (Å²) in [6, 6.07) is 18.8. The van der Waals surface area contributed by atoms with E-state index in [1.165, 1.54) is 71.7 Å². The summed E-state index contributed by atoms with van der Waals surface area (Å²) < 4.78 is 0. The van der Waals surface area contributed by atoms with Gasteiger partial charge < -0.3 is 0 Å². The van der Waals surface area contributed by atoms with Crippen molar-refractivity contribution in [1.29, 1.82) is 0 Å². The van der Waals surface area contributed by atoms with Crippen LogP contribution in [0, 0.1) is 0 Å². The largest absolute Gasteiger partial charge is 0.296 e. The molecule has 0 bridgehead atoms. The zero-order valence-corrected chi connectivity index (χ0v) is 14.8. The van der Waals surface area contributed by atoms with E-state index in [4.69, 9.17) is 0 Å². The van der Waals surface area contributed by atoms with Crippen LogP contribution in [0.2, 0.25) is 0 Å². The van der Waals surface area contributed by atoms with Gasteiger partial charge in [0.05, 0.1) is 0 Å². The molecule has 3 aliphatic rings. The summed E-state index contributed by atoms with van der Waals surface area (Å²) in [4.78, 5) is 5.58. The molecule has 0 aliphatic carbocycles. The van der Waals surface area contributed by atoms with Crippen molar-refractivity contribution in [2.75, 3.05) is 13.1 Å². The highest BCUT2D eigenvalue weighted by Crippen LogP contribution is 2.47. The van der Waals surface area contributed by atoms with E-state index < -0.39 is 0 Å². The zero-order valence-electron chi connectivity index (χ0n) is 14.0. The lowest BCUT2D eigenvalue weighted by atomic mass is 9.84. The van der Waals surface area contributed by atoms with E-state index in [1.54, 1.807) is 5.57 Å². The number of benzene rings is 2. The molecule has 3 aliphatic heterocycles. The quantitative estimate of drug-likeness (QED) is 0.527. The second-order valence-electron chi connectivity index (χ2n) is 7.23. The summed E-state index contributed by atoms with van der Waals surface area (Å²) in [7, 11) is 0. The van der Waals surface area contributed by atoms with Crippen LogP contribution in [0.25, 0.3) is 5.57 Å². The summed E-state index contributed by atoms with van der Waals surface area (Å²) in [5.74, 6) is 0. The van der Waals surface area contributed by atoms with Crippen molar-refractivity contribution in [2.24, 2.45) is 0 Å². The average Bonchev–Trinajstić information content (AvgIpc) is 2.65. The lowest BCUT2D eigenvalue weighted by molar-refractivity contribution is 0.133. The van der Waals surface area contributed by atoms with E-state index in [-0.39, 0.29) is 0 Å². The minimum absolute atomic E-state index is 0.839. The third-order valence-electron chi connectivity index (χ3n) is 5.81. The van der Waals surface area contributed by atoms with E-state index in [0.717, 1.165) is 6.04 Å². The van der Waals surface area contributed by atoms with Gasteiger partial charge in [-0.05, 0) is 66.6 Å². The van der Waals surface area contributed by atoms with Gasteiger partial charge in [0.25, 0.3) is 0 Å². The van der Waals surface area contributed by atoms with Crippen LogP contribution in [0.1, 0.15) is 43.2 Å². The maximum absolute atomic E-state index is 2.75. The predicted octanol–water partition coefficient (Wildman–Crippen LogP) is 5.60. The van der Waals surface area contributed by atoms with Crippen molar-refractivity contribution in [1.82, 2.24) is 4.90 Å². The molecule has 1 unspecified atom stereocenters. The van der Waals surface area contributed by atoms with E-state index in [1.807, 2.05) is 11.8 Å². The van der Waals surface area contributed by atoms with Crippen molar-refractivity contribution in [2.45, 2.75) is 47.9 Å². The lowest BCUT2D eigenvalue weighted by Crippen LogP contribution is -2.43. The Morgan fingerprint density at radius 3 is 2.29 bits per heavy atom. The molecule has 2 fully saturated rings. The van der Waals surface area contributed by atoms with Crippen LogP contribution < -0.4 is 0 Å². The molecule has 0 N–H and O–H groups in total. The van der Waals surface area contributed by atoms with Gasteiger partial charge in [0.2, 0.25) is 0 Å². The SMILES string of the molecule is c1ccc2c(c1)Sc1ccccc1C2=C1CCC2CCCCN2C1. The molecule has 2 heteroatoms. The van der Waals surface area contributed by atoms with Crippen LogP contribution in [0.5, 0.6) is 0 Å². The van der Waals surface area contributed by atoms with Gasteiger partial charge in [-0.3, -0.25) is 4.90 Å². The van der Waals surface area contributed by atoms with Crippen molar-refractivity contribution in [3.05, 3.63) is 65.2 Å². The van der Waals surface area contributed by atoms with Crippen LogP contribution in [-0.2, 0) is 0 Å². The minimum Gasteiger partial charge on any atom is -0.296 e. The van der Waals surface area contributed by atoms with Gasteiger partial charge in [0.15, 0.2) is 0 Å². The molecule has 0 aromatic heterocycles. The van der Waals surface area contributed by atoms with E-state index in [0.29, 0.717) is 0 Å².